The van der Waals surface area contributed by atoms with Crippen LogP contribution in [0.15, 0.2) is 79.1 Å². The lowest BCUT2D eigenvalue weighted by molar-refractivity contribution is 0.571. The Labute approximate surface area is 194 Å². The van der Waals surface area contributed by atoms with Gasteiger partial charge in [-0.15, -0.1) is 0 Å². The van der Waals surface area contributed by atoms with Gasteiger partial charge in [-0.05, 0) is 36.8 Å². The third-order valence-corrected chi connectivity index (χ3v) is 6.40. The molecule has 0 aliphatic heterocycles. The van der Waals surface area contributed by atoms with Gasteiger partial charge in [0.1, 0.15) is 21.7 Å². The first-order valence-electron chi connectivity index (χ1n) is 9.82. The number of aryl methyl sites for hydroxylation is 1. The summed E-state index contributed by atoms with van der Waals surface area (Å²) in [4.78, 5) is 29.7. The lowest BCUT2D eigenvalue weighted by atomic mass is 10.1. The van der Waals surface area contributed by atoms with E-state index >= 15 is 0 Å². The van der Waals surface area contributed by atoms with Crippen molar-refractivity contribution in [1.29, 1.82) is 0 Å². The van der Waals surface area contributed by atoms with Crippen molar-refractivity contribution in [2.45, 2.75) is 13.3 Å². The van der Waals surface area contributed by atoms with Crippen LogP contribution in [0.2, 0.25) is 0 Å². The molecule has 0 saturated heterocycles. The average molecular weight is 506 g/mol. The fraction of sp³-hybridized carbons (Fsp3) is 0.0833. The van der Waals surface area contributed by atoms with Crippen LogP contribution in [0.25, 0.3) is 22.4 Å². The van der Waals surface area contributed by atoms with Gasteiger partial charge in [-0.3, -0.25) is 9.59 Å². The molecule has 0 amide bonds. The van der Waals surface area contributed by atoms with Crippen LogP contribution in [0.3, 0.4) is 0 Å². The normalized spacial score (nSPS) is 12.0. The first-order chi connectivity index (χ1) is 15.5. The molecular weight excluding hydrogens is 490 g/mol. The van der Waals surface area contributed by atoms with E-state index in [9.17, 15) is 9.59 Å². The molecule has 0 saturated carbocycles. The summed E-state index contributed by atoms with van der Waals surface area (Å²) in [5, 5.41) is 4.30. The zero-order valence-corrected chi connectivity index (χ0v) is 19.3. The lowest BCUT2D eigenvalue weighted by Crippen LogP contribution is -2.28. The Balaban J connectivity index is 1.52. The number of rotatable bonds is 4. The van der Waals surface area contributed by atoms with Crippen LogP contribution in [0.5, 0.6) is 0 Å². The van der Waals surface area contributed by atoms with Crippen molar-refractivity contribution >= 4 is 38.3 Å². The molecule has 0 atom stereocenters. The van der Waals surface area contributed by atoms with Crippen molar-refractivity contribution in [3.63, 3.8) is 0 Å². The Kier molecular flexibility index (Phi) is 5.32. The van der Waals surface area contributed by atoms with E-state index in [0.29, 0.717) is 22.5 Å². The summed E-state index contributed by atoms with van der Waals surface area (Å²) in [5.74, 6) is 1.23. The number of aromatic nitrogens is 3. The van der Waals surface area contributed by atoms with Crippen molar-refractivity contribution in [1.82, 2.24) is 14.6 Å². The maximum atomic E-state index is 12.9. The molecule has 0 spiro atoms. The number of halogens is 1. The maximum Gasteiger partial charge on any atom is 0.296 e. The van der Waals surface area contributed by atoms with Crippen molar-refractivity contribution in [3.05, 3.63) is 113 Å². The highest BCUT2D eigenvalue weighted by Gasteiger charge is 2.12. The molecule has 32 heavy (non-hydrogen) atoms. The molecule has 3 heterocycles. The van der Waals surface area contributed by atoms with Gasteiger partial charge in [0.05, 0.1) is 0 Å². The van der Waals surface area contributed by atoms with Gasteiger partial charge < -0.3 is 4.42 Å². The molecule has 0 bridgehead atoms. The fourth-order valence-electron chi connectivity index (χ4n) is 3.31. The minimum Gasteiger partial charge on any atom is -0.457 e. The predicted molar refractivity (Wildman–Crippen MR) is 128 cm³/mol. The molecule has 0 fully saturated rings. The average Bonchev–Trinajstić information content (AvgIpc) is 3.35. The predicted octanol–water partition coefficient (Wildman–Crippen LogP) is 3.98. The highest BCUT2D eigenvalue weighted by molar-refractivity contribution is 9.10. The van der Waals surface area contributed by atoms with Crippen LogP contribution in [0.1, 0.15) is 22.6 Å². The number of fused-ring (bicyclic) bond motifs is 1. The van der Waals surface area contributed by atoms with Crippen molar-refractivity contribution in [3.8, 4) is 11.3 Å². The number of benzene rings is 2. The third-order valence-electron chi connectivity index (χ3n) is 4.95. The summed E-state index contributed by atoms with van der Waals surface area (Å²) >= 11 is 4.56. The lowest BCUT2D eigenvalue weighted by Gasteiger charge is -2.01. The smallest absolute Gasteiger partial charge is 0.296 e. The SMILES string of the molecule is Cc1ccc(Cc2nn3c(=O)/c(=C/c4ccc(-c5cccc(Br)c5)o4)sc3nc2=O)cc1. The zero-order valence-electron chi connectivity index (χ0n) is 16.9. The van der Waals surface area contributed by atoms with E-state index in [4.69, 9.17) is 4.42 Å². The van der Waals surface area contributed by atoms with E-state index in [0.717, 1.165) is 32.5 Å². The molecule has 158 valence electrons. The summed E-state index contributed by atoms with van der Waals surface area (Å²) in [6.07, 6.45) is 1.96. The Morgan fingerprint density at radius 3 is 2.69 bits per heavy atom. The molecule has 8 heteroatoms. The summed E-state index contributed by atoms with van der Waals surface area (Å²) in [6.45, 7) is 2.00. The van der Waals surface area contributed by atoms with Crippen LogP contribution in [0, 0.1) is 6.92 Å². The molecular formula is C24H16BrN3O3S. The molecule has 3 aromatic heterocycles. The van der Waals surface area contributed by atoms with Crippen LogP contribution in [-0.2, 0) is 6.42 Å². The van der Waals surface area contributed by atoms with Gasteiger partial charge in [-0.2, -0.15) is 14.6 Å². The molecule has 0 N–H and O–H groups in total. The summed E-state index contributed by atoms with van der Waals surface area (Å²) < 4.78 is 8.44. The van der Waals surface area contributed by atoms with E-state index in [-0.39, 0.29) is 16.2 Å². The number of thiazole rings is 1. The van der Waals surface area contributed by atoms with Gasteiger partial charge in [0.25, 0.3) is 11.1 Å². The number of hydrogen-bond acceptors (Lipinski definition) is 6. The van der Waals surface area contributed by atoms with Gasteiger partial charge in [0, 0.05) is 22.5 Å². The molecule has 0 unspecified atom stereocenters. The number of hydrogen-bond donors (Lipinski definition) is 0. The second-order valence-corrected chi connectivity index (χ2v) is 9.27. The highest BCUT2D eigenvalue weighted by Crippen LogP contribution is 2.25. The maximum absolute atomic E-state index is 12.9. The molecule has 5 aromatic rings. The van der Waals surface area contributed by atoms with Gasteiger partial charge in [0.2, 0.25) is 4.96 Å². The quantitative estimate of drug-likeness (QED) is 0.369. The monoisotopic (exact) mass is 505 g/mol. The second kappa shape index (κ2) is 8.29. The summed E-state index contributed by atoms with van der Waals surface area (Å²) in [7, 11) is 0. The fourth-order valence-corrected chi connectivity index (χ4v) is 4.59. The summed E-state index contributed by atoms with van der Waals surface area (Å²) in [5.41, 5.74) is 2.48. The van der Waals surface area contributed by atoms with Gasteiger partial charge in [-0.1, -0.05) is 69.2 Å². The topological polar surface area (TPSA) is 77.5 Å². The van der Waals surface area contributed by atoms with E-state index < -0.39 is 5.56 Å². The van der Waals surface area contributed by atoms with Crippen LogP contribution in [0.4, 0.5) is 0 Å². The summed E-state index contributed by atoms with van der Waals surface area (Å²) in [6, 6.07) is 19.2. The minimum atomic E-state index is -0.423. The molecule has 5 rings (SSSR count). The Hall–Kier alpha value is -3.36. The van der Waals surface area contributed by atoms with Gasteiger partial charge >= 0.3 is 0 Å². The molecule has 0 aliphatic carbocycles. The van der Waals surface area contributed by atoms with E-state index in [2.05, 4.69) is 26.0 Å². The Morgan fingerprint density at radius 2 is 1.91 bits per heavy atom. The minimum absolute atomic E-state index is 0.239. The Morgan fingerprint density at radius 1 is 1.09 bits per heavy atom. The molecule has 0 aliphatic rings. The number of furan rings is 1. The standard InChI is InChI=1S/C24H16BrN3O3S/c1-14-5-7-15(8-6-14)11-19-22(29)26-24-28(27-19)23(30)21(32-24)13-18-9-10-20(31-18)16-3-2-4-17(25)12-16/h2-10,12-13H,11H2,1H3/b21-13-. The largest absolute Gasteiger partial charge is 0.457 e. The first-order valence-corrected chi connectivity index (χ1v) is 11.4. The van der Waals surface area contributed by atoms with Gasteiger partial charge in [0.15, 0.2) is 0 Å². The van der Waals surface area contributed by atoms with Gasteiger partial charge in [-0.25, -0.2) is 0 Å². The van der Waals surface area contributed by atoms with Crippen molar-refractivity contribution in [2.75, 3.05) is 0 Å². The van der Waals surface area contributed by atoms with Crippen LogP contribution in [-0.4, -0.2) is 14.6 Å². The van der Waals surface area contributed by atoms with E-state index in [1.54, 1.807) is 12.1 Å². The highest BCUT2D eigenvalue weighted by atomic mass is 79.9. The van der Waals surface area contributed by atoms with E-state index in [1.165, 1.54) is 4.52 Å². The first kappa shape index (κ1) is 20.5. The van der Waals surface area contributed by atoms with Crippen molar-refractivity contribution in [2.24, 2.45) is 0 Å². The second-order valence-electron chi connectivity index (χ2n) is 7.35. The van der Waals surface area contributed by atoms with Crippen molar-refractivity contribution < 1.29 is 4.42 Å². The van der Waals surface area contributed by atoms with E-state index in [1.807, 2.05) is 61.5 Å². The molecule has 0 radical (unpaired) electrons. The van der Waals surface area contributed by atoms with Crippen LogP contribution >= 0.6 is 27.3 Å². The number of nitrogens with zero attached hydrogens (tertiary/aromatic N) is 3. The third kappa shape index (κ3) is 4.06. The zero-order chi connectivity index (χ0) is 22.2. The molecule has 2 aromatic carbocycles. The Bertz CT molecular complexity index is 1620. The van der Waals surface area contributed by atoms with Crippen LogP contribution < -0.4 is 15.7 Å². The molecule has 6 nitrogen and oxygen atoms in total.